The van der Waals surface area contributed by atoms with Crippen molar-refractivity contribution in [2.45, 2.75) is 39.0 Å². The van der Waals surface area contributed by atoms with E-state index in [2.05, 4.69) is 15.1 Å². The summed E-state index contributed by atoms with van der Waals surface area (Å²) in [5, 5.41) is 3.41. The van der Waals surface area contributed by atoms with Crippen molar-refractivity contribution in [1.82, 2.24) is 15.1 Å². The smallest absolute Gasteiger partial charge is 0.133 e. The Morgan fingerprint density at radius 3 is 2.35 bits per heavy atom. The van der Waals surface area contributed by atoms with Crippen molar-refractivity contribution in [1.29, 1.82) is 0 Å². The van der Waals surface area contributed by atoms with Crippen LogP contribution in [0.25, 0.3) is 0 Å². The summed E-state index contributed by atoms with van der Waals surface area (Å²) in [7, 11) is 0. The summed E-state index contributed by atoms with van der Waals surface area (Å²) >= 11 is 0. The summed E-state index contributed by atoms with van der Waals surface area (Å²) in [6, 6.07) is 0. The maximum absolute atomic E-state index is 11.4. The zero-order chi connectivity index (χ0) is 14.2. The summed E-state index contributed by atoms with van der Waals surface area (Å²) in [5.41, 5.74) is 0. The number of likely N-dealkylation sites (tertiary alicyclic amines) is 1. The number of carbonyl (C=O) groups is 1. The van der Waals surface area contributed by atoms with E-state index in [-0.39, 0.29) is 0 Å². The Kier molecular flexibility index (Phi) is 6.97. The summed E-state index contributed by atoms with van der Waals surface area (Å²) in [6.45, 7) is 11.4. The predicted octanol–water partition coefficient (Wildman–Crippen LogP) is 1.36. The van der Waals surface area contributed by atoms with E-state index in [9.17, 15) is 4.79 Å². The van der Waals surface area contributed by atoms with Crippen molar-refractivity contribution < 1.29 is 4.79 Å². The number of hydrogen-bond donors (Lipinski definition) is 1. The molecule has 0 atom stereocenters. The maximum atomic E-state index is 11.4. The van der Waals surface area contributed by atoms with Crippen molar-refractivity contribution in [3.8, 4) is 0 Å². The summed E-state index contributed by atoms with van der Waals surface area (Å²) in [5.74, 6) is 1.31. The normalized spacial score (nSPS) is 23.1. The van der Waals surface area contributed by atoms with Gasteiger partial charge in [-0.3, -0.25) is 4.79 Å². The lowest BCUT2D eigenvalue weighted by Crippen LogP contribution is -2.44. The molecule has 20 heavy (non-hydrogen) atoms. The number of nitrogens with one attached hydrogen (secondary N) is 1. The minimum Gasteiger partial charge on any atom is -0.314 e. The van der Waals surface area contributed by atoms with Gasteiger partial charge in [-0.1, -0.05) is 6.92 Å². The van der Waals surface area contributed by atoms with E-state index in [4.69, 9.17) is 0 Å². The molecule has 2 fully saturated rings. The van der Waals surface area contributed by atoms with E-state index in [0.717, 1.165) is 32.0 Å². The Morgan fingerprint density at radius 2 is 1.70 bits per heavy atom. The molecule has 0 spiro atoms. The molecule has 0 unspecified atom stereocenters. The molecular weight excluding hydrogens is 250 g/mol. The highest BCUT2D eigenvalue weighted by molar-refractivity contribution is 5.78. The number of piperidine rings is 1. The Morgan fingerprint density at radius 1 is 1.05 bits per heavy atom. The van der Waals surface area contributed by atoms with Gasteiger partial charge in [0.15, 0.2) is 0 Å². The fraction of sp³-hybridized carbons (Fsp3) is 0.938. The molecule has 2 saturated heterocycles. The highest BCUT2D eigenvalue weighted by atomic mass is 16.1. The van der Waals surface area contributed by atoms with Crippen molar-refractivity contribution in [3.63, 3.8) is 0 Å². The van der Waals surface area contributed by atoms with Gasteiger partial charge in [0.05, 0.1) is 0 Å². The first-order chi connectivity index (χ1) is 9.78. The van der Waals surface area contributed by atoms with Crippen LogP contribution in [0.15, 0.2) is 0 Å². The number of nitrogens with zero attached hydrogens (tertiary/aromatic N) is 2. The predicted molar refractivity (Wildman–Crippen MR) is 83.0 cm³/mol. The van der Waals surface area contributed by atoms with E-state index in [0.29, 0.717) is 12.2 Å². The van der Waals surface area contributed by atoms with Crippen molar-refractivity contribution in [2.75, 3.05) is 52.4 Å². The molecule has 0 aromatic rings. The average molecular weight is 281 g/mol. The van der Waals surface area contributed by atoms with Crippen LogP contribution in [-0.4, -0.2) is 67.9 Å². The number of piperazine rings is 1. The van der Waals surface area contributed by atoms with Gasteiger partial charge >= 0.3 is 0 Å². The largest absolute Gasteiger partial charge is 0.314 e. The lowest BCUT2D eigenvalue weighted by atomic mass is 9.93. The SMILES string of the molecule is CCC(=O)CCN1CCC(CCN2CCNCC2)CC1. The monoisotopic (exact) mass is 281 g/mol. The molecule has 2 heterocycles. The average Bonchev–Trinajstić information content (AvgIpc) is 2.52. The van der Waals surface area contributed by atoms with Crippen LogP contribution in [0, 0.1) is 5.92 Å². The van der Waals surface area contributed by atoms with Gasteiger partial charge in [0.25, 0.3) is 0 Å². The second kappa shape index (κ2) is 8.75. The van der Waals surface area contributed by atoms with Gasteiger partial charge in [0, 0.05) is 45.6 Å². The van der Waals surface area contributed by atoms with E-state index in [1.807, 2.05) is 6.92 Å². The first kappa shape index (κ1) is 15.9. The van der Waals surface area contributed by atoms with Crippen LogP contribution >= 0.6 is 0 Å². The van der Waals surface area contributed by atoms with Gasteiger partial charge < -0.3 is 15.1 Å². The molecular formula is C16H31N3O. The second-order valence-corrected chi connectivity index (χ2v) is 6.31. The first-order valence-corrected chi connectivity index (χ1v) is 8.45. The molecule has 116 valence electrons. The molecule has 1 N–H and O–H groups in total. The van der Waals surface area contributed by atoms with Crippen LogP contribution in [-0.2, 0) is 4.79 Å². The molecule has 4 heteroatoms. The zero-order valence-corrected chi connectivity index (χ0v) is 13.1. The second-order valence-electron chi connectivity index (χ2n) is 6.31. The minimum absolute atomic E-state index is 0.408. The Hall–Kier alpha value is -0.450. The van der Waals surface area contributed by atoms with E-state index < -0.39 is 0 Å². The van der Waals surface area contributed by atoms with Crippen LogP contribution in [0.1, 0.15) is 39.0 Å². The fourth-order valence-electron chi connectivity index (χ4n) is 3.26. The highest BCUT2D eigenvalue weighted by Gasteiger charge is 2.20. The van der Waals surface area contributed by atoms with Crippen molar-refractivity contribution in [2.24, 2.45) is 5.92 Å². The molecule has 4 nitrogen and oxygen atoms in total. The van der Waals surface area contributed by atoms with Gasteiger partial charge in [-0.05, 0) is 44.8 Å². The minimum atomic E-state index is 0.408. The van der Waals surface area contributed by atoms with Crippen LogP contribution in [0.3, 0.4) is 0 Å². The van der Waals surface area contributed by atoms with Gasteiger partial charge in [0.2, 0.25) is 0 Å². The third-order valence-corrected chi connectivity index (χ3v) is 4.87. The molecule has 0 bridgehead atoms. The molecule has 0 radical (unpaired) electrons. The number of ketones is 1. The lowest BCUT2D eigenvalue weighted by Gasteiger charge is -2.34. The number of Topliss-reactive ketones (excluding diaryl/α,β-unsaturated/α-hetero) is 1. The quantitative estimate of drug-likeness (QED) is 0.764. The van der Waals surface area contributed by atoms with Crippen LogP contribution in [0.5, 0.6) is 0 Å². The highest BCUT2D eigenvalue weighted by Crippen LogP contribution is 2.21. The summed E-state index contributed by atoms with van der Waals surface area (Å²) in [4.78, 5) is 16.4. The summed E-state index contributed by atoms with van der Waals surface area (Å²) in [6.07, 6.45) is 5.46. The van der Waals surface area contributed by atoms with Crippen molar-refractivity contribution >= 4 is 5.78 Å². The molecule has 2 rings (SSSR count). The molecule has 0 aromatic heterocycles. The molecule has 2 aliphatic rings. The maximum Gasteiger partial charge on any atom is 0.133 e. The molecule has 0 aliphatic carbocycles. The molecule has 0 amide bonds. The molecule has 0 aromatic carbocycles. The van der Waals surface area contributed by atoms with Gasteiger partial charge in [-0.2, -0.15) is 0 Å². The fourth-order valence-corrected chi connectivity index (χ4v) is 3.26. The van der Waals surface area contributed by atoms with Gasteiger partial charge in [-0.15, -0.1) is 0 Å². The summed E-state index contributed by atoms with van der Waals surface area (Å²) < 4.78 is 0. The van der Waals surface area contributed by atoms with Crippen LogP contribution in [0.4, 0.5) is 0 Å². The van der Waals surface area contributed by atoms with Gasteiger partial charge in [-0.25, -0.2) is 0 Å². The lowest BCUT2D eigenvalue weighted by molar-refractivity contribution is -0.119. The number of carbonyl (C=O) groups excluding carboxylic acids is 1. The Bertz CT molecular complexity index is 281. The van der Waals surface area contributed by atoms with Crippen LogP contribution < -0.4 is 5.32 Å². The van der Waals surface area contributed by atoms with E-state index in [1.54, 1.807) is 0 Å². The number of rotatable bonds is 7. The third-order valence-electron chi connectivity index (χ3n) is 4.87. The Balaban J connectivity index is 1.55. The van der Waals surface area contributed by atoms with Crippen LogP contribution in [0.2, 0.25) is 0 Å². The number of hydrogen-bond acceptors (Lipinski definition) is 4. The van der Waals surface area contributed by atoms with E-state index >= 15 is 0 Å². The first-order valence-electron chi connectivity index (χ1n) is 8.45. The van der Waals surface area contributed by atoms with E-state index in [1.165, 1.54) is 52.0 Å². The standard InChI is InChI=1S/C16H31N3O/c1-2-16(20)6-12-18-9-3-15(4-10-18)5-11-19-13-7-17-8-14-19/h15,17H,2-14H2,1H3. The zero-order valence-electron chi connectivity index (χ0n) is 13.1. The molecule has 2 aliphatic heterocycles. The van der Waals surface area contributed by atoms with Gasteiger partial charge in [0.1, 0.15) is 5.78 Å². The molecule has 0 saturated carbocycles. The third kappa shape index (κ3) is 5.51. The topological polar surface area (TPSA) is 35.6 Å². The Labute approximate surface area is 123 Å². The van der Waals surface area contributed by atoms with Crippen molar-refractivity contribution in [3.05, 3.63) is 0 Å².